The quantitative estimate of drug-likeness (QED) is 0.565. The summed E-state index contributed by atoms with van der Waals surface area (Å²) in [6, 6.07) is 13.3. The van der Waals surface area contributed by atoms with Crippen LogP contribution in [0.3, 0.4) is 0 Å². The van der Waals surface area contributed by atoms with E-state index in [-0.39, 0.29) is 11.0 Å². The summed E-state index contributed by atoms with van der Waals surface area (Å²) in [5.41, 5.74) is 3.32. The second kappa shape index (κ2) is 8.12. The Morgan fingerprint density at radius 1 is 1.06 bits per heavy atom. The molecule has 0 aliphatic heterocycles. The molecule has 0 radical (unpaired) electrons. The lowest BCUT2D eigenvalue weighted by molar-refractivity contribution is -0.295. The number of aryl methyl sites for hydroxylation is 1. The van der Waals surface area contributed by atoms with Gasteiger partial charge in [-0.25, -0.2) is 0 Å². The van der Waals surface area contributed by atoms with Gasteiger partial charge in [0.1, 0.15) is 5.75 Å². The number of carbonyl (C=O) groups is 1. The molecule has 0 amide bonds. The minimum atomic E-state index is -1.15. The number of hydrogen-bond donors (Lipinski definition) is 1. The number of rotatable bonds is 6. The molecule has 0 aromatic heterocycles. The molecular formula is C27H28BrO3-. The molecule has 0 heterocycles. The smallest absolute Gasteiger partial charge is 0.119 e. The van der Waals surface area contributed by atoms with E-state index in [1.165, 1.54) is 38.5 Å². The molecule has 4 saturated carbocycles. The van der Waals surface area contributed by atoms with Crippen LogP contribution in [-0.2, 0) is 16.6 Å². The van der Waals surface area contributed by atoms with Crippen molar-refractivity contribution in [1.82, 2.24) is 0 Å². The third-order valence-corrected chi connectivity index (χ3v) is 8.30. The molecule has 2 aromatic rings. The Labute approximate surface area is 192 Å². The highest BCUT2D eigenvalue weighted by Crippen LogP contribution is 2.61. The van der Waals surface area contributed by atoms with E-state index in [1.54, 1.807) is 18.2 Å². The molecule has 4 fully saturated rings. The van der Waals surface area contributed by atoms with Gasteiger partial charge >= 0.3 is 0 Å². The molecule has 162 valence electrons. The number of hydrogen-bond acceptors (Lipinski definition) is 3. The van der Waals surface area contributed by atoms with Crippen molar-refractivity contribution < 1.29 is 15.0 Å². The first-order valence-corrected chi connectivity index (χ1v) is 12.2. The van der Waals surface area contributed by atoms with E-state index in [0.717, 1.165) is 39.8 Å². The fraction of sp³-hybridized carbons (Fsp3) is 0.444. The molecule has 0 atom stereocenters. The molecule has 0 unspecified atom stereocenters. The molecule has 1 N–H and O–H groups in total. The summed E-state index contributed by atoms with van der Waals surface area (Å²) in [6.45, 7) is 0. The number of aliphatic carboxylic acids is 1. The van der Waals surface area contributed by atoms with Crippen molar-refractivity contribution in [3.8, 4) is 5.75 Å². The third-order valence-electron chi connectivity index (χ3n) is 7.81. The van der Waals surface area contributed by atoms with E-state index in [2.05, 4.69) is 22.0 Å². The standard InChI is InChI=1S/C27H29BrO3/c28-22-5-2-4-21(13-22)23(26(30)31)6-1-3-17-7-8-25(29)24(12-17)27-14-18-9-19(15-27)11-20(10-18)16-27/h2,4-8,12-13,18-20,29H,1,3,9-11,14-16H2,(H,30,31)/p-1/b23-6+. The lowest BCUT2D eigenvalue weighted by Crippen LogP contribution is -2.48. The average molecular weight is 480 g/mol. The zero-order chi connectivity index (χ0) is 21.6. The summed E-state index contributed by atoms with van der Waals surface area (Å²) in [5, 5.41) is 22.4. The minimum absolute atomic E-state index is 0.150. The van der Waals surface area contributed by atoms with Gasteiger partial charge in [-0.2, -0.15) is 0 Å². The van der Waals surface area contributed by atoms with Gasteiger partial charge in [0.15, 0.2) is 0 Å². The van der Waals surface area contributed by atoms with Crippen molar-refractivity contribution in [2.75, 3.05) is 0 Å². The van der Waals surface area contributed by atoms with Gasteiger partial charge in [0.25, 0.3) is 0 Å². The molecule has 0 spiro atoms. The van der Waals surface area contributed by atoms with Crippen LogP contribution in [0.4, 0.5) is 0 Å². The number of benzene rings is 2. The zero-order valence-electron chi connectivity index (χ0n) is 17.6. The molecule has 4 aliphatic carbocycles. The monoisotopic (exact) mass is 479 g/mol. The van der Waals surface area contributed by atoms with Gasteiger partial charge in [-0.1, -0.05) is 46.3 Å². The minimum Gasteiger partial charge on any atom is -0.545 e. The number of halogens is 1. The summed E-state index contributed by atoms with van der Waals surface area (Å²) >= 11 is 3.40. The van der Waals surface area contributed by atoms with Crippen LogP contribution in [0.2, 0.25) is 0 Å². The van der Waals surface area contributed by atoms with Gasteiger partial charge in [0, 0.05) is 15.6 Å². The average Bonchev–Trinajstić information content (AvgIpc) is 2.71. The Kier molecular flexibility index (Phi) is 5.45. The Bertz CT molecular complexity index is 1000. The number of carboxylic acid groups (broad SMARTS) is 1. The molecular weight excluding hydrogens is 452 g/mol. The molecule has 4 bridgehead atoms. The predicted molar refractivity (Wildman–Crippen MR) is 123 cm³/mol. The van der Waals surface area contributed by atoms with Gasteiger partial charge in [0.05, 0.1) is 5.97 Å². The number of carbonyl (C=O) groups excluding carboxylic acids is 1. The third kappa shape index (κ3) is 4.07. The fourth-order valence-electron chi connectivity index (χ4n) is 6.96. The van der Waals surface area contributed by atoms with Crippen LogP contribution >= 0.6 is 15.9 Å². The van der Waals surface area contributed by atoms with Gasteiger partial charge < -0.3 is 15.0 Å². The summed E-state index contributed by atoms with van der Waals surface area (Å²) in [4.78, 5) is 11.7. The van der Waals surface area contributed by atoms with Crippen molar-refractivity contribution in [2.24, 2.45) is 17.8 Å². The lowest BCUT2D eigenvalue weighted by atomic mass is 9.48. The van der Waals surface area contributed by atoms with Crippen LogP contribution in [0, 0.1) is 17.8 Å². The molecule has 6 rings (SSSR count). The second-order valence-corrected chi connectivity index (χ2v) is 10.9. The first-order valence-electron chi connectivity index (χ1n) is 11.4. The predicted octanol–water partition coefficient (Wildman–Crippen LogP) is 5.39. The maximum Gasteiger partial charge on any atom is 0.119 e. The second-order valence-electron chi connectivity index (χ2n) is 10.0. The summed E-state index contributed by atoms with van der Waals surface area (Å²) in [7, 11) is 0. The summed E-state index contributed by atoms with van der Waals surface area (Å²) in [6.07, 6.45) is 10.9. The van der Waals surface area contributed by atoms with E-state index in [4.69, 9.17) is 0 Å². The molecule has 0 saturated heterocycles. The van der Waals surface area contributed by atoms with Crippen molar-refractivity contribution in [3.05, 3.63) is 69.7 Å². The van der Waals surface area contributed by atoms with Gasteiger partial charge in [-0.15, -0.1) is 0 Å². The number of phenolic OH excluding ortho intramolecular Hbond substituents is 1. The fourth-order valence-corrected chi connectivity index (χ4v) is 7.36. The Morgan fingerprint density at radius 3 is 2.35 bits per heavy atom. The topological polar surface area (TPSA) is 60.4 Å². The van der Waals surface area contributed by atoms with E-state index in [0.29, 0.717) is 17.7 Å². The van der Waals surface area contributed by atoms with Gasteiger partial charge in [-0.05, 0) is 104 Å². The molecule has 3 nitrogen and oxygen atoms in total. The van der Waals surface area contributed by atoms with Crippen molar-refractivity contribution in [3.63, 3.8) is 0 Å². The van der Waals surface area contributed by atoms with Crippen molar-refractivity contribution in [1.29, 1.82) is 0 Å². The van der Waals surface area contributed by atoms with Crippen LogP contribution in [0.1, 0.15) is 61.6 Å². The molecule has 4 heteroatoms. The number of phenols is 1. The van der Waals surface area contributed by atoms with E-state index in [1.807, 2.05) is 24.3 Å². The lowest BCUT2D eigenvalue weighted by Gasteiger charge is -2.57. The van der Waals surface area contributed by atoms with Gasteiger partial charge in [-0.3, -0.25) is 0 Å². The van der Waals surface area contributed by atoms with Crippen LogP contribution < -0.4 is 5.11 Å². The van der Waals surface area contributed by atoms with E-state index >= 15 is 0 Å². The van der Waals surface area contributed by atoms with Crippen molar-refractivity contribution in [2.45, 2.75) is 56.8 Å². The van der Waals surface area contributed by atoms with Gasteiger partial charge in [0.2, 0.25) is 0 Å². The molecule has 2 aromatic carbocycles. The number of aromatic hydroxyl groups is 1. The zero-order valence-corrected chi connectivity index (χ0v) is 19.2. The van der Waals surface area contributed by atoms with E-state index < -0.39 is 5.97 Å². The molecule has 4 aliphatic rings. The highest BCUT2D eigenvalue weighted by Gasteiger charge is 2.52. The van der Waals surface area contributed by atoms with Crippen LogP contribution in [0.15, 0.2) is 53.0 Å². The first-order chi connectivity index (χ1) is 14.9. The Balaban J connectivity index is 1.36. The molecule has 31 heavy (non-hydrogen) atoms. The Hall–Kier alpha value is -2.07. The maximum atomic E-state index is 11.7. The summed E-state index contributed by atoms with van der Waals surface area (Å²) < 4.78 is 0.843. The van der Waals surface area contributed by atoms with Crippen LogP contribution in [0.5, 0.6) is 5.75 Å². The maximum absolute atomic E-state index is 11.7. The van der Waals surface area contributed by atoms with E-state index in [9.17, 15) is 15.0 Å². The van der Waals surface area contributed by atoms with Crippen LogP contribution in [-0.4, -0.2) is 11.1 Å². The number of carboxylic acids is 1. The van der Waals surface area contributed by atoms with Crippen molar-refractivity contribution >= 4 is 27.5 Å². The normalized spacial score (nSPS) is 29.3. The summed E-state index contributed by atoms with van der Waals surface area (Å²) in [5.74, 6) is 1.76. The largest absolute Gasteiger partial charge is 0.545 e. The highest BCUT2D eigenvalue weighted by atomic mass is 79.9. The van der Waals surface area contributed by atoms with Crippen LogP contribution in [0.25, 0.3) is 5.57 Å². The Morgan fingerprint density at radius 2 is 1.74 bits per heavy atom. The number of allylic oxidation sites excluding steroid dienone is 1. The first kappa shape index (κ1) is 20.8. The highest BCUT2D eigenvalue weighted by molar-refractivity contribution is 9.10. The SMILES string of the molecule is O=C([O-])/C(=C/CCc1ccc(O)c(C23CC4CC(CC(C4)C2)C3)c1)c1cccc(Br)c1.